The van der Waals surface area contributed by atoms with Gasteiger partial charge in [0.2, 0.25) is 0 Å². The molecule has 0 aliphatic rings. The zero-order valence-electron chi connectivity index (χ0n) is 14.7. The second kappa shape index (κ2) is 8.75. The molecule has 0 atom stereocenters. The van der Waals surface area contributed by atoms with Gasteiger partial charge in [-0.3, -0.25) is 4.79 Å². The molecule has 3 rings (SSSR count). The van der Waals surface area contributed by atoms with Crippen molar-refractivity contribution >= 4 is 23.2 Å². The van der Waals surface area contributed by atoms with Gasteiger partial charge in [-0.15, -0.1) is 0 Å². The van der Waals surface area contributed by atoms with Gasteiger partial charge in [0.05, 0.1) is 5.69 Å². The van der Waals surface area contributed by atoms with E-state index in [2.05, 4.69) is 10.1 Å². The second-order valence-electron chi connectivity index (χ2n) is 5.84. The fraction of sp³-hybridized carbons (Fsp3) is 0.150. The van der Waals surface area contributed by atoms with Crippen LogP contribution >= 0.6 is 11.6 Å². The van der Waals surface area contributed by atoms with Crippen LogP contribution in [0.1, 0.15) is 21.9 Å². The van der Waals surface area contributed by atoms with Gasteiger partial charge in [0.15, 0.2) is 5.76 Å². The number of carbonyl (C=O) groups excluding carboxylic acids is 1. The lowest BCUT2D eigenvalue weighted by molar-refractivity contribution is -0.0494. The number of hydrogen-bond acceptors (Lipinski definition) is 4. The van der Waals surface area contributed by atoms with E-state index in [4.69, 9.17) is 20.8 Å². The summed E-state index contributed by atoms with van der Waals surface area (Å²) < 4.78 is 40.6. The number of halogens is 3. The van der Waals surface area contributed by atoms with E-state index in [0.717, 1.165) is 0 Å². The first-order valence-corrected chi connectivity index (χ1v) is 8.62. The summed E-state index contributed by atoms with van der Waals surface area (Å²) in [6, 6.07) is 14.4. The summed E-state index contributed by atoms with van der Waals surface area (Å²) in [7, 11) is 0. The Hall–Kier alpha value is -3.06. The molecule has 1 heterocycles. The fourth-order valence-electron chi connectivity index (χ4n) is 2.37. The van der Waals surface area contributed by atoms with Crippen LogP contribution in [0.25, 0.3) is 0 Å². The molecule has 8 heteroatoms. The largest absolute Gasteiger partial charge is 0.486 e. The molecule has 3 aromatic rings. The molecule has 0 bridgehead atoms. The Morgan fingerprint density at radius 2 is 1.89 bits per heavy atom. The SMILES string of the molecule is Cc1ccc(NC(=O)c2ccc(COc3ccc(Cl)cc3)o2)c(OC(F)F)c1. The normalized spacial score (nSPS) is 10.8. The van der Waals surface area contributed by atoms with Crippen molar-refractivity contribution in [3.63, 3.8) is 0 Å². The molecule has 0 spiro atoms. The average Bonchev–Trinajstić information content (AvgIpc) is 3.12. The highest BCUT2D eigenvalue weighted by atomic mass is 35.5. The minimum atomic E-state index is -3.00. The highest BCUT2D eigenvalue weighted by molar-refractivity contribution is 6.30. The van der Waals surface area contributed by atoms with E-state index in [0.29, 0.717) is 22.1 Å². The summed E-state index contributed by atoms with van der Waals surface area (Å²) >= 11 is 5.81. The molecule has 0 fully saturated rings. The number of ether oxygens (including phenoxy) is 2. The van der Waals surface area contributed by atoms with E-state index in [1.54, 1.807) is 43.3 Å². The number of nitrogens with one attached hydrogen (secondary N) is 1. The second-order valence-corrected chi connectivity index (χ2v) is 6.28. The van der Waals surface area contributed by atoms with Crippen LogP contribution in [0.4, 0.5) is 14.5 Å². The Bertz CT molecular complexity index is 957. The Morgan fingerprint density at radius 3 is 2.61 bits per heavy atom. The smallest absolute Gasteiger partial charge is 0.387 e. The Morgan fingerprint density at radius 1 is 1.14 bits per heavy atom. The molecule has 1 N–H and O–H groups in total. The van der Waals surface area contributed by atoms with Gasteiger partial charge < -0.3 is 19.2 Å². The zero-order chi connectivity index (χ0) is 20.1. The summed E-state index contributed by atoms with van der Waals surface area (Å²) in [5, 5.41) is 3.10. The van der Waals surface area contributed by atoms with Crippen molar-refractivity contribution in [1.82, 2.24) is 0 Å². The Labute approximate surface area is 164 Å². The molecule has 1 amide bonds. The predicted molar refractivity (Wildman–Crippen MR) is 100 cm³/mol. The lowest BCUT2D eigenvalue weighted by atomic mass is 10.2. The van der Waals surface area contributed by atoms with Gasteiger partial charge in [0.25, 0.3) is 5.91 Å². The third-order valence-electron chi connectivity index (χ3n) is 3.68. The first-order valence-electron chi connectivity index (χ1n) is 8.24. The number of rotatable bonds is 7. The lowest BCUT2D eigenvalue weighted by Gasteiger charge is -2.12. The first-order chi connectivity index (χ1) is 13.4. The van der Waals surface area contributed by atoms with Crippen molar-refractivity contribution in [2.24, 2.45) is 0 Å². The minimum Gasteiger partial charge on any atom is -0.486 e. The molecule has 0 radical (unpaired) electrons. The maximum Gasteiger partial charge on any atom is 0.387 e. The highest BCUT2D eigenvalue weighted by Crippen LogP contribution is 2.28. The van der Waals surface area contributed by atoms with Gasteiger partial charge in [-0.2, -0.15) is 8.78 Å². The number of furan rings is 1. The van der Waals surface area contributed by atoms with Crippen LogP contribution in [-0.4, -0.2) is 12.5 Å². The molecule has 0 aliphatic heterocycles. The molecule has 0 aliphatic carbocycles. The van der Waals surface area contributed by atoms with E-state index < -0.39 is 12.5 Å². The maximum atomic E-state index is 12.6. The Balaban J connectivity index is 1.65. The molecular formula is C20H16ClF2NO4. The molecule has 0 unspecified atom stereocenters. The summed E-state index contributed by atoms with van der Waals surface area (Å²) in [6.45, 7) is -1.17. The van der Waals surface area contributed by atoms with Gasteiger partial charge in [-0.1, -0.05) is 17.7 Å². The monoisotopic (exact) mass is 407 g/mol. The average molecular weight is 408 g/mol. The maximum absolute atomic E-state index is 12.6. The summed E-state index contributed by atoms with van der Waals surface area (Å²) in [4.78, 5) is 12.4. The molecule has 0 saturated heterocycles. The third kappa shape index (κ3) is 5.23. The van der Waals surface area contributed by atoms with Gasteiger partial charge in [0.1, 0.15) is 23.9 Å². The number of carbonyl (C=O) groups is 1. The number of anilines is 1. The van der Waals surface area contributed by atoms with Gasteiger partial charge in [-0.25, -0.2) is 0 Å². The topological polar surface area (TPSA) is 60.7 Å². The molecule has 2 aromatic carbocycles. The van der Waals surface area contributed by atoms with E-state index in [1.807, 2.05) is 0 Å². The van der Waals surface area contributed by atoms with Crippen molar-refractivity contribution < 1.29 is 27.5 Å². The van der Waals surface area contributed by atoms with Gasteiger partial charge >= 0.3 is 6.61 Å². The standard InChI is InChI=1S/C20H16ClF2NO4/c1-12-2-8-16(18(10-12)28-20(22)23)24-19(25)17-9-7-15(27-17)11-26-14-5-3-13(21)4-6-14/h2-10,20H,11H2,1H3,(H,24,25). The minimum absolute atomic E-state index is 0.0123. The predicted octanol–water partition coefficient (Wildman–Crippen LogP) is 5.67. The molecule has 5 nitrogen and oxygen atoms in total. The number of hydrogen-bond donors (Lipinski definition) is 1. The number of amides is 1. The zero-order valence-corrected chi connectivity index (χ0v) is 15.5. The van der Waals surface area contributed by atoms with Crippen LogP contribution < -0.4 is 14.8 Å². The van der Waals surface area contributed by atoms with Crippen molar-refractivity contribution in [3.8, 4) is 11.5 Å². The van der Waals surface area contributed by atoms with Gasteiger partial charge in [0, 0.05) is 5.02 Å². The van der Waals surface area contributed by atoms with Crippen LogP contribution in [0.15, 0.2) is 59.0 Å². The van der Waals surface area contributed by atoms with Gasteiger partial charge in [-0.05, 0) is 61.0 Å². The van der Waals surface area contributed by atoms with Crippen molar-refractivity contribution in [1.29, 1.82) is 0 Å². The highest BCUT2D eigenvalue weighted by Gasteiger charge is 2.16. The van der Waals surface area contributed by atoms with Crippen molar-refractivity contribution in [2.45, 2.75) is 20.1 Å². The summed E-state index contributed by atoms with van der Waals surface area (Å²) in [6.07, 6.45) is 0. The summed E-state index contributed by atoms with van der Waals surface area (Å²) in [5.74, 6) is 0.313. The third-order valence-corrected chi connectivity index (χ3v) is 3.93. The number of aryl methyl sites for hydroxylation is 1. The summed E-state index contributed by atoms with van der Waals surface area (Å²) in [5.41, 5.74) is 0.833. The van der Waals surface area contributed by atoms with Crippen LogP contribution in [0, 0.1) is 6.92 Å². The molecule has 146 valence electrons. The molecule has 1 aromatic heterocycles. The quantitative estimate of drug-likeness (QED) is 0.547. The van der Waals surface area contributed by atoms with Crippen LogP contribution in [0.3, 0.4) is 0 Å². The van der Waals surface area contributed by atoms with E-state index in [9.17, 15) is 13.6 Å². The van der Waals surface area contributed by atoms with E-state index in [-0.39, 0.29) is 23.8 Å². The van der Waals surface area contributed by atoms with Crippen molar-refractivity contribution in [3.05, 3.63) is 76.7 Å². The molecule has 28 heavy (non-hydrogen) atoms. The number of alkyl halides is 2. The lowest BCUT2D eigenvalue weighted by Crippen LogP contribution is -2.13. The Kier molecular flexibility index (Phi) is 6.16. The van der Waals surface area contributed by atoms with E-state index >= 15 is 0 Å². The first kappa shape index (κ1) is 19.7. The van der Waals surface area contributed by atoms with E-state index in [1.165, 1.54) is 18.2 Å². The molecular weight excluding hydrogens is 392 g/mol. The van der Waals surface area contributed by atoms with Crippen LogP contribution in [0.5, 0.6) is 11.5 Å². The number of benzene rings is 2. The van der Waals surface area contributed by atoms with Crippen molar-refractivity contribution in [2.75, 3.05) is 5.32 Å². The van der Waals surface area contributed by atoms with Crippen LogP contribution in [-0.2, 0) is 6.61 Å². The fourth-order valence-corrected chi connectivity index (χ4v) is 2.50. The molecule has 0 saturated carbocycles. The van der Waals surface area contributed by atoms with Crippen LogP contribution in [0.2, 0.25) is 5.02 Å².